The van der Waals surface area contributed by atoms with Gasteiger partial charge in [-0.3, -0.25) is 0 Å². The van der Waals surface area contributed by atoms with Gasteiger partial charge in [0, 0.05) is 11.8 Å². The van der Waals surface area contributed by atoms with Gasteiger partial charge in [0.1, 0.15) is 11.9 Å². The average Bonchev–Trinajstić information content (AvgIpc) is 2.89. The van der Waals surface area contributed by atoms with Crippen LogP contribution in [0.4, 0.5) is 0 Å². The van der Waals surface area contributed by atoms with Crippen molar-refractivity contribution in [2.75, 3.05) is 6.61 Å². The Morgan fingerprint density at radius 3 is 2.71 bits per heavy atom. The summed E-state index contributed by atoms with van der Waals surface area (Å²) < 4.78 is 5.47. The Bertz CT molecular complexity index is 226. The van der Waals surface area contributed by atoms with Crippen molar-refractivity contribution < 1.29 is 9.84 Å². The van der Waals surface area contributed by atoms with Crippen LogP contribution in [0.25, 0.3) is 0 Å². The van der Waals surface area contributed by atoms with Gasteiger partial charge in [-0.2, -0.15) is 0 Å². The Labute approximate surface area is 86.0 Å². The minimum Gasteiger partial charge on any atom is -0.495 e. The van der Waals surface area contributed by atoms with Gasteiger partial charge in [-0.25, -0.2) is 0 Å². The van der Waals surface area contributed by atoms with Crippen LogP contribution in [0.15, 0.2) is 11.8 Å². The maximum absolute atomic E-state index is 10.3. The van der Waals surface area contributed by atoms with Crippen LogP contribution in [0, 0.1) is 5.41 Å². The molecule has 0 amide bonds. The molecule has 0 saturated heterocycles. The van der Waals surface area contributed by atoms with E-state index in [4.69, 9.17) is 4.74 Å². The summed E-state index contributed by atoms with van der Waals surface area (Å²) in [6, 6.07) is 0. The van der Waals surface area contributed by atoms with E-state index < -0.39 is 0 Å². The van der Waals surface area contributed by atoms with Crippen molar-refractivity contribution in [3.8, 4) is 0 Å². The third-order valence-corrected chi connectivity index (χ3v) is 3.89. The second-order valence-electron chi connectivity index (χ2n) is 4.57. The molecule has 2 heteroatoms. The van der Waals surface area contributed by atoms with Gasteiger partial charge in [0.2, 0.25) is 0 Å². The fraction of sp³-hybridized carbons (Fsp3) is 0.833. The van der Waals surface area contributed by atoms with E-state index in [0.29, 0.717) is 0 Å². The summed E-state index contributed by atoms with van der Waals surface area (Å²) in [5.41, 5.74) is 0.121. The van der Waals surface area contributed by atoms with Crippen molar-refractivity contribution in [2.24, 2.45) is 5.41 Å². The van der Waals surface area contributed by atoms with Gasteiger partial charge in [-0.05, 0) is 25.3 Å². The first-order valence-corrected chi connectivity index (χ1v) is 5.79. The lowest BCUT2D eigenvalue weighted by Gasteiger charge is -2.33. The summed E-state index contributed by atoms with van der Waals surface area (Å²) in [7, 11) is 0. The first-order valence-electron chi connectivity index (χ1n) is 5.79. The molecule has 0 aromatic rings. The third kappa shape index (κ3) is 1.56. The quantitative estimate of drug-likeness (QED) is 0.752. The van der Waals surface area contributed by atoms with E-state index in [1.807, 2.05) is 0 Å². The maximum Gasteiger partial charge on any atom is 0.121 e. The first-order chi connectivity index (χ1) is 6.78. The molecule has 0 aromatic heterocycles. The zero-order chi connectivity index (χ0) is 10.0. The Balaban J connectivity index is 2.10. The minimum atomic E-state index is -0.350. The van der Waals surface area contributed by atoms with Crippen LogP contribution < -0.4 is 0 Å². The molecule has 2 rings (SSSR count). The van der Waals surface area contributed by atoms with Crippen molar-refractivity contribution in [3.05, 3.63) is 11.8 Å². The lowest BCUT2D eigenvalue weighted by molar-refractivity contribution is 0.0112. The fourth-order valence-electron chi connectivity index (χ4n) is 2.83. The smallest absolute Gasteiger partial charge is 0.121 e. The first kappa shape index (κ1) is 10.0. The number of ether oxygens (including phenoxy) is 1. The van der Waals surface area contributed by atoms with E-state index >= 15 is 0 Å². The normalized spacial score (nSPS) is 27.1. The van der Waals surface area contributed by atoms with Gasteiger partial charge in [0.05, 0.1) is 6.61 Å². The molecule has 0 spiro atoms. The molecule has 1 N–H and O–H groups in total. The van der Waals surface area contributed by atoms with E-state index in [1.165, 1.54) is 12.8 Å². The highest BCUT2D eigenvalue weighted by Gasteiger charge is 2.41. The van der Waals surface area contributed by atoms with Crippen molar-refractivity contribution >= 4 is 0 Å². The Kier molecular flexibility index (Phi) is 2.82. The summed E-state index contributed by atoms with van der Waals surface area (Å²) in [6.45, 7) is 2.94. The largest absolute Gasteiger partial charge is 0.495 e. The van der Waals surface area contributed by atoms with Gasteiger partial charge in [0.15, 0.2) is 0 Å². The topological polar surface area (TPSA) is 29.5 Å². The zero-order valence-corrected chi connectivity index (χ0v) is 8.96. The number of rotatable bonds is 3. The van der Waals surface area contributed by atoms with Gasteiger partial charge in [0.25, 0.3) is 0 Å². The zero-order valence-electron chi connectivity index (χ0n) is 8.96. The average molecular weight is 196 g/mol. The van der Waals surface area contributed by atoms with Crippen LogP contribution in [0.2, 0.25) is 0 Å². The van der Waals surface area contributed by atoms with Crippen LogP contribution in [0.1, 0.15) is 45.4 Å². The third-order valence-electron chi connectivity index (χ3n) is 3.89. The highest BCUT2D eigenvalue weighted by molar-refractivity contribution is 5.10. The summed E-state index contributed by atoms with van der Waals surface area (Å²) in [5.74, 6) is 0.841. The van der Waals surface area contributed by atoms with Gasteiger partial charge < -0.3 is 9.84 Å². The SMILES string of the molecule is CCC1(C(O)C2=CCCO2)CCCC1. The summed E-state index contributed by atoms with van der Waals surface area (Å²) in [4.78, 5) is 0. The molecular weight excluding hydrogens is 176 g/mol. The lowest BCUT2D eigenvalue weighted by atomic mass is 9.77. The van der Waals surface area contributed by atoms with Crippen molar-refractivity contribution in [3.63, 3.8) is 0 Å². The molecule has 1 fully saturated rings. The van der Waals surface area contributed by atoms with Crippen molar-refractivity contribution in [1.29, 1.82) is 0 Å². The molecule has 1 heterocycles. The van der Waals surface area contributed by atoms with E-state index in [2.05, 4.69) is 13.0 Å². The van der Waals surface area contributed by atoms with Crippen molar-refractivity contribution in [1.82, 2.24) is 0 Å². The predicted octanol–water partition coefficient (Wildman–Crippen LogP) is 2.62. The van der Waals surface area contributed by atoms with Gasteiger partial charge in [-0.1, -0.05) is 19.8 Å². The van der Waals surface area contributed by atoms with E-state index in [0.717, 1.165) is 38.0 Å². The highest BCUT2D eigenvalue weighted by Crippen LogP contribution is 2.46. The van der Waals surface area contributed by atoms with E-state index in [1.54, 1.807) is 0 Å². The predicted molar refractivity (Wildman–Crippen MR) is 55.9 cm³/mol. The highest BCUT2D eigenvalue weighted by atomic mass is 16.5. The molecule has 1 atom stereocenters. The van der Waals surface area contributed by atoms with Crippen LogP contribution in [-0.2, 0) is 4.74 Å². The standard InChI is InChI=1S/C12H20O2/c1-2-12(7-3-4-8-12)11(13)10-6-5-9-14-10/h6,11,13H,2-5,7-9H2,1H3. The van der Waals surface area contributed by atoms with Crippen LogP contribution in [0.5, 0.6) is 0 Å². The summed E-state index contributed by atoms with van der Waals surface area (Å²) >= 11 is 0. The maximum atomic E-state index is 10.3. The summed E-state index contributed by atoms with van der Waals surface area (Å²) in [6.07, 6.45) is 8.58. The van der Waals surface area contributed by atoms with E-state index in [9.17, 15) is 5.11 Å². The van der Waals surface area contributed by atoms with Crippen molar-refractivity contribution in [2.45, 2.75) is 51.6 Å². The summed E-state index contributed by atoms with van der Waals surface area (Å²) in [5, 5.41) is 10.3. The molecule has 0 bridgehead atoms. The molecule has 1 aliphatic heterocycles. The van der Waals surface area contributed by atoms with Gasteiger partial charge >= 0.3 is 0 Å². The number of hydrogen-bond acceptors (Lipinski definition) is 2. The van der Waals surface area contributed by atoms with Crippen LogP contribution in [0.3, 0.4) is 0 Å². The fourth-order valence-corrected chi connectivity index (χ4v) is 2.83. The minimum absolute atomic E-state index is 0.121. The number of aliphatic hydroxyl groups excluding tert-OH is 1. The Morgan fingerprint density at radius 2 is 2.21 bits per heavy atom. The molecule has 0 aromatic carbocycles. The molecule has 1 aliphatic carbocycles. The molecule has 1 saturated carbocycles. The molecule has 80 valence electrons. The Morgan fingerprint density at radius 1 is 1.50 bits per heavy atom. The molecule has 0 radical (unpaired) electrons. The molecule has 14 heavy (non-hydrogen) atoms. The molecular formula is C12H20O2. The van der Waals surface area contributed by atoms with Gasteiger partial charge in [-0.15, -0.1) is 0 Å². The second-order valence-corrected chi connectivity index (χ2v) is 4.57. The monoisotopic (exact) mass is 196 g/mol. The number of aliphatic hydroxyl groups is 1. The lowest BCUT2D eigenvalue weighted by Crippen LogP contribution is -2.33. The molecule has 2 aliphatic rings. The second kappa shape index (κ2) is 3.93. The van der Waals surface area contributed by atoms with E-state index in [-0.39, 0.29) is 11.5 Å². The number of hydrogen-bond donors (Lipinski definition) is 1. The molecule has 1 unspecified atom stereocenters. The molecule has 2 nitrogen and oxygen atoms in total. The van der Waals surface area contributed by atoms with Crippen LogP contribution >= 0.6 is 0 Å². The Hall–Kier alpha value is -0.500. The van der Waals surface area contributed by atoms with Crippen LogP contribution in [-0.4, -0.2) is 17.8 Å².